The van der Waals surface area contributed by atoms with Crippen molar-refractivity contribution in [2.24, 2.45) is 0 Å². The van der Waals surface area contributed by atoms with Crippen LogP contribution in [0.1, 0.15) is 0 Å². The molecule has 4 heteroatoms. The molecule has 0 unspecified atom stereocenters. The minimum absolute atomic E-state index is 0.817. The van der Waals surface area contributed by atoms with E-state index in [-0.39, 0.29) is 0 Å². The molecule has 0 radical (unpaired) electrons. The van der Waals surface area contributed by atoms with Crippen molar-refractivity contribution >= 4 is 11.3 Å². The first-order chi connectivity index (χ1) is 7.43. The Labute approximate surface area is 90.4 Å². The van der Waals surface area contributed by atoms with Crippen LogP contribution in [-0.2, 0) is 0 Å². The molecule has 0 aliphatic carbocycles. The Bertz CT molecular complexity index is 488. The van der Waals surface area contributed by atoms with E-state index in [1.54, 1.807) is 17.5 Å². The SMILES string of the molecule is c1c[nH]c(-c2ccc(-c3cnco3)s2)c1. The number of hydrogen-bond donors (Lipinski definition) is 1. The summed E-state index contributed by atoms with van der Waals surface area (Å²) >= 11 is 1.68. The largest absolute Gasteiger partial charge is 0.443 e. The van der Waals surface area contributed by atoms with E-state index in [1.807, 2.05) is 18.3 Å². The highest BCUT2D eigenvalue weighted by molar-refractivity contribution is 7.18. The number of oxazole rings is 1. The van der Waals surface area contributed by atoms with E-state index in [0.717, 1.165) is 16.3 Å². The molecule has 0 saturated heterocycles. The first-order valence-corrected chi connectivity index (χ1v) is 5.37. The molecule has 0 atom stereocenters. The predicted molar refractivity (Wildman–Crippen MR) is 59.6 cm³/mol. The quantitative estimate of drug-likeness (QED) is 0.713. The summed E-state index contributed by atoms with van der Waals surface area (Å²) in [6.45, 7) is 0. The maximum Gasteiger partial charge on any atom is 0.181 e. The van der Waals surface area contributed by atoms with Crippen LogP contribution in [0.15, 0.2) is 47.5 Å². The third-order valence-electron chi connectivity index (χ3n) is 2.14. The zero-order chi connectivity index (χ0) is 10.1. The van der Waals surface area contributed by atoms with E-state index in [1.165, 1.54) is 11.3 Å². The lowest BCUT2D eigenvalue weighted by Crippen LogP contribution is -1.66. The van der Waals surface area contributed by atoms with Crippen LogP contribution in [0.4, 0.5) is 0 Å². The van der Waals surface area contributed by atoms with Crippen molar-refractivity contribution in [2.75, 3.05) is 0 Å². The van der Waals surface area contributed by atoms with Gasteiger partial charge in [-0.1, -0.05) is 0 Å². The van der Waals surface area contributed by atoms with Gasteiger partial charge in [-0.05, 0) is 24.3 Å². The zero-order valence-electron chi connectivity index (χ0n) is 7.81. The Morgan fingerprint density at radius 3 is 2.87 bits per heavy atom. The third kappa shape index (κ3) is 1.49. The van der Waals surface area contributed by atoms with Gasteiger partial charge in [0.05, 0.1) is 21.6 Å². The van der Waals surface area contributed by atoms with Crippen molar-refractivity contribution in [3.63, 3.8) is 0 Å². The van der Waals surface area contributed by atoms with Gasteiger partial charge in [-0.2, -0.15) is 0 Å². The molecule has 3 rings (SSSR count). The highest BCUT2D eigenvalue weighted by Gasteiger charge is 2.07. The molecule has 0 bridgehead atoms. The number of nitrogens with zero attached hydrogens (tertiary/aromatic N) is 1. The van der Waals surface area contributed by atoms with Crippen LogP contribution >= 0.6 is 11.3 Å². The number of thiophene rings is 1. The summed E-state index contributed by atoms with van der Waals surface area (Å²) in [4.78, 5) is 9.37. The summed E-state index contributed by atoms with van der Waals surface area (Å²) in [5.41, 5.74) is 1.13. The van der Waals surface area contributed by atoms with Crippen LogP contribution in [0.5, 0.6) is 0 Å². The molecule has 15 heavy (non-hydrogen) atoms. The predicted octanol–water partition coefficient (Wildman–Crippen LogP) is 3.40. The smallest absolute Gasteiger partial charge is 0.181 e. The van der Waals surface area contributed by atoms with Gasteiger partial charge in [0.25, 0.3) is 0 Å². The molecule has 0 saturated carbocycles. The molecular formula is C11H8N2OS. The molecule has 1 N–H and O–H groups in total. The fourth-order valence-electron chi connectivity index (χ4n) is 1.44. The highest BCUT2D eigenvalue weighted by atomic mass is 32.1. The summed E-state index contributed by atoms with van der Waals surface area (Å²) in [5.74, 6) is 0.817. The van der Waals surface area contributed by atoms with Crippen molar-refractivity contribution in [1.29, 1.82) is 0 Å². The second-order valence-electron chi connectivity index (χ2n) is 3.11. The highest BCUT2D eigenvalue weighted by Crippen LogP contribution is 2.33. The van der Waals surface area contributed by atoms with Crippen molar-refractivity contribution in [2.45, 2.75) is 0 Å². The molecule has 0 aliphatic rings. The Morgan fingerprint density at radius 2 is 2.13 bits per heavy atom. The van der Waals surface area contributed by atoms with E-state index in [9.17, 15) is 0 Å². The van der Waals surface area contributed by atoms with E-state index in [4.69, 9.17) is 4.42 Å². The first-order valence-electron chi connectivity index (χ1n) is 4.56. The van der Waals surface area contributed by atoms with Crippen LogP contribution in [0.25, 0.3) is 21.2 Å². The Hall–Kier alpha value is -1.81. The summed E-state index contributed by atoms with van der Waals surface area (Å²) in [7, 11) is 0. The van der Waals surface area contributed by atoms with Gasteiger partial charge in [-0.25, -0.2) is 4.98 Å². The molecule has 0 fully saturated rings. The average molecular weight is 216 g/mol. The lowest BCUT2D eigenvalue weighted by Gasteiger charge is -1.89. The molecule has 0 aliphatic heterocycles. The second-order valence-corrected chi connectivity index (χ2v) is 4.20. The van der Waals surface area contributed by atoms with Crippen LogP contribution in [0.2, 0.25) is 0 Å². The zero-order valence-corrected chi connectivity index (χ0v) is 8.62. The van der Waals surface area contributed by atoms with Crippen molar-refractivity contribution in [3.05, 3.63) is 43.1 Å². The van der Waals surface area contributed by atoms with Gasteiger partial charge in [0.15, 0.2) is 12.2 Å². The van der Waals surface area contributed by atoms with Gasteiger partial charge in [0.1, 0.15) is 0 Å². The number of rotatable bonds is 2. The van der Waals surface area contributed by atoms with Crippen LogP contribution < -0.4 is 0 Å². The fourth-order valence-corrected chi connectivity index (χ4v) is 2.38. The lowest BCUT2D eigenvalue weighted by atomic mass is 10.3. The van der Waals surface area contributed by atoms with E-state index >= 15 is 0 Å². The van der Waals surface area contributed by atoms with Crippen molar-refractivity contribution < 1.29 is 4.42 Å². The summed E-state index contributed by atoms with van der Waals surface area (Å²) < 4.78 is 5.24. The molecule has 3 heterocycles. The van der Waals surface area contributed by atoms with Crippen molar-refractivity contribution in [3.8, 4) is 21.2 Å². The normalized spacial score (nSPS) is 10.7. The first kappa shape index (κ1) is 8.49. The van der Waals surface area contributed by atoms with E-state index in [2.05, 4.69) is 22.1 Å². The number of nitrogens with one attached hydrogen (secondary N) is 1. The van der Waals surface area contributed by atoms with Crippen LogP contribution in [0.3, 0.4) is 0 Å². The Kier molecular flexibility index (Phi) is 1.93. The van der Waals surface area contributed by atoms with Gasteiger partial charge in [-0.15, -0.1) is 11.3 Å². The maximum atomic E-state index is 5.24. The van der Waals surface area contributed by atoms with E-state index in [0.29, 0.717) is 0 Å². The van der Waals surface area contributed by atoms with Crippen molar-refractivity contribution in [1.82, 2.24) is 9.97 Å². The number of H-pyrrole nitrogens is 1. The van der Waals surface area contributed by atoms with Gasteiger partial charge in [0, 0.05) is 6.20 Å². The molecule has 3 aromatic rings. The number of aromatic amines is 1. The van der Waals surface area contributed by atoms with E-state index < -0.39 is 0 Å². The molecule has 74 valence electrons. The van der Waals surface area contributed by atoms with Gasteiger partial charge in [-0.3, -0.25) is 0 Å². The molecule has 3 nitrogen and oxygen atoms in total. The molecular weight excluding hydrogens is 208 g/mol. The lowest BCUT2D eigenvalue weighted by molar-refractivity contribution is 0.573. The van der Waals surface area contributed by atoms with Gasteiger partial charge < -0.3 is 9.40 Å². The minimum Gasteiger partial charge on any atom is -0.443 e. The summed E-state index contributed by atoms with van der Waals surface area (Å²) in [5, 5.41) is 0. The summed E-state index contributed by atoms with van der Waals surface area (Å²) in [6, 6.07) is 8.16. The monoisotopic (exact) mass is 216 g/mol. The van der Waals surface area contributed by atoms with Crippen LogP contribution in [0, 0.1) is 0 Å². The fraction of sp³-hybridized carbons (Fsp3) is 0. The number of hydrogen-bond acceptors (Lipinski definition) is 3. The molecule has 0 amide bonds. The molecule has 0 spiro atoms. The maximum absolute atomic E-state index is 5.24. The van der Waals surface area contributed by atoms with Crippen LogP contribution in [-0.4, -0.2) is 9.97 Å². The second kappa shape index (κ2) is 3.40. The topological polar surface area (TPSA) is 41.8 Å². The molecule has 0 aromatic carbocycles. The van der Waals surface area contributed by atoms with Gasteiger partial charge >= 0.3 is 0 Å². The minimum atomic E-state index is 0.817. The third-order valence-corrected chi connectivity index (χ3v) is 3.28. The van der Waals surface area contributed by atoms with Gasteiger partial charge in [0.2, 0.25) is 0 Å². The number of aromatic nitrogens is 2. The Morgan fingerprint density at radius 1 is 1.20 bits per heavy atom. The average Bonchev–Trinajstić information content (AvgIpc) is 3.02. The summed E-state index contributed by atoms with van der Waals surface area (Å²) in [6.07, 6.45) is 5.09. The Balaban J connectivity index is 2.02. The standard InChI is InChI=1S/C11H8N2OS/c1-2-8(13-5-1)10-3-4-11(15-10)9-6-12-7-14-9/h1-7,13H. The molecule has 3 aromatic heterocycles.